The predicted octanol–water partition coefficient (Wildman–Crippen LogP) is 10.6. The number of fused-ring (bicyclic) bond motifs is 9. The minimum Gasteiger partial charge on any atom is -0.309 e. The second-order valence-corrected chi connectivity index (χ2v) is 12.0. The van der Waals surface area contributed by atoms with E-state index in [1.165, 1.54) is 75.5 Å². The number of benzene rings is 5. The van der Waals surface area contributed by atoms with Gasteiger partial charge in [-0.25, -0.2) is 0 Å². The summed E-state index contributed by atoms with van der Waals surface area (Å²) in [5.74, 6) is 0.457. The highest BCUT2D eigenvalue weighted by Gasteiger charge is 2.25. The van der Waals surface area contributed by atoms with E-state index in [9.17, 15) is 0 Å². The third-order valence-electron chi connectivity index (χ3n) is 8.75. The van der Waals surface area contributed by atoms with Crippen LogP contribution in [0.3, 0.4) is 0 Å². The molecule has 1 atom stereocenters. The Morgan fingerprint density at radius 1 is 0.625 bits per heavy atom. The van der Waals surface area contributed by atoms with Crippen LogP contribution >= 0.6 is 11.3 Å². The topological polar surface area (TPSA) is 9.86 Å². The summed E-state index contributed by atoms with van der Waals surface area (Å²) in [4.78, 5) is 0. The SMILES string of the molecule is CC1CC=Cc2c1c1cc(-n3c4ccccc4c4ccccc43)ccc1n2-c1cccc2c1sc1ccccc12. The number of nitrogens with zero attached hydrogens (tertiary/aromatic N) is 2. The van der Waals surface area contributed by atoms with Gasteiger partial charge < -0.3 is 9.13 Å². The first-order valence-electron chi connectivity index (χ1n) is 14.0. The van der Waals surface area contributed by atoms with Crippen LogP contribution in [0.25, 0.3) is 70.3 Å². The van der Waals surface area contributed by atoms with Gasteiger partial charge in [-0.3, -0.25) is 0 Å². The van der Waals surface area contributed by atoms with Crippen LogP contribution < -0.4 is 0 Å². The molecule has 0 N–H and O–H groups in total. The van der Waals surface area contributed by atoms with Crippen molar-refractivity contribution in [3.05, 3.63) is 127 Å². The molecule has 1 aliphatic rings. The smallest absolute Gasteiger partial charge is 0.0640 e. The number of thiophene rings is 1. The number of hydrogen-bond donors (Lipinski definition) is 0. The van der Waals surface area contributed by atoms with Crippen LogP contribution in [0.15, 0.2) is 115 Å². The van der Waals surface area contributed by atoms with Crippen molar-refractivity contribution < 1.29 is 0 Å². The second-order valence-electron chi connectivity index (χ2n) is 11.0. The lowest BCUT2D eigenvalue weighted by molar-refractivity contribution is 0.773. The molecule has 3 heteroatoms. The Bertz CT molecular complexity index is 2270. The molecule has 1 aliphatic carbocycles. The number of hydrogen-bond acceptors (Lipinski definition) is 1. The molecule has 3 heterocycles. The lowest BCUT2D eigenvalue weighted by atomic mass is 9.90. The molecule has 2 nitrogen and oxygen atoms in total. The summed E-state index contributed by atoms with van der Waals surface area (Å²) in [6, 6.07) is 40.2. The van der Waals surface area contributed by atoms with Gasteiger partial charge in [-0.2, -0.15) is 0 Å². The van der Waals surface area contributed by atoms with E-state index in [-0.39, 0.29) is 0 Å². The monoisotopic (exact) mass is 530 g/mol. The Morgan fingerprint density at radius 3 is 2.10 bits per heavy atom. The van der Waals surface area contributed by atoms with Crippen LogP contribution in [0.1, 0.15) is 30.5 Å². The van der Waals surface area contributed by atoms with Crippen molar-refractivity contribution in [3.8, 4) is 11.4 Å². The normalized spacial score (nSPS) is 15.2. The quantitative estimate of drug-likeness (QED) is 0.210. The molecule has 0 amide bonds. The van der Waals surface area contributed by atoms with Crippen molar-refractivity contribution in [1.82, 2.24) is 9.13 Å². The van der Waals surface area contributed by atoms with E-state index in [2.05, 4.69) is 137 Å². The zero-order valence-electron chi connectivity index (χ0n) is 22.1. The van der Waals surface area contributed by atoms with Crippen LogP contribution in [0, 0.1) is 0 Å². The zero-order valence-corrected chi connectivity index (χ0v) is 23.0. The summed E-state index contributed by atoms with van der Waals surface area (Å²) in [7, 11) is 0. The minimum atomic E-state index is 0.457. The Morgan fingerprint density at radius 2 is 1.30 bits per heavy atom. The van der Waals surface area contributed by atoms with Crippen molar-refractivity contribution >= 4 is 70.3 Å². The summed E-state index contributed by atoms with van der Waals surface area (Å²) in [5.41, 5.74) is 9.04. The Balaban J connectivity index is 1.37. The molecule has 8 aromatic rings. The Hall–Kier alpha value is -4.60. The lowest BCUT2D eigenvalue weighted by Gasteiger charge is -2.17. The third-order valence-corrected chi connectivity index (χ3v) is 9.96. The first-order valence-corrected chi connectivity index (χ1v) is 14.8. The maximum absolute atomic E-state index is 2.52. The van der Waals surface area contributed by atoms with Gasteiger partial charge in [0.1, 0.15) is 0 Å². The molecule has 0 aliphatic heterocycles. The molecule has 9 rings (SSSR count). The molecule has 190 valence electrons. The molecule has 0 spiro atoms. The molecule has 0 radical (unpaired) electrons. The van der Waals surface area contributed by atoms with Gasteiger partial charge in [0.05, 0.1) is 32.6 Å². The average molecular weight is 531 g/mol. The van der Waals surface area contributed by atoms with Gasteiger partial charge >= 0.3 is 0 Å². The largest absolute Gasteiger partial charge is 0.309 e. The maximum Gasteiger partial charge on any atom is 0.0640 e. The highest BCUT2D eigenvalue weighted by molar-refractivity contribution is 7.26. The summed E-state index contributed by atoms with van der Waals surface area (Å²) >= 11 is 1.90. The van der Waals surface area contributed by atoms with Gasteiger partial charge in [0.25, 0.3) is 0 Å². The van der Waals surface area contributed by atoms with Crippen molar-refractivity contribution in [1.29, 1.82) is 0 Å². The van der Waals surface area contributed by atoms with Crippen molar-refractivity contribution in [2.45, 2.75) is 19.3 Å². The molecule has 0 bridgehead atoms. The number of aromatic nitrogens is 2. The summed E-state index contributed by atoms with van der Waals surface area (Å²) in [6.07, 6.45) is 5.77. The van der Waals surface area contributed by atoms with Crippen LogP contribution in [0.4, 0.5) is 0 Å². The second kappa shape index (κ2) is 8.20. The van der Waals surface area contributed by atoms with Gasteiger partial charge in [-0.05, 0) is 66.4 Å². The summed E-state index contributed by atoms with van der Waals surface area (Å²) < 4.78 is 7.64. The fourth-order valence-electron chi connectivity index (χ4n) is 7.01. The van der Waals surface area contributed by atoms with E-state index in [1.54, 1.807) is 0 Å². The van der Waals surface area contributed by atoms with Gasteiger partial charge in [0.15, 0.2) is 0 Å². The molecule has 1 unspecified atom stereocenters. The average Bonchev–Trinajstić information content (AvgIpc) is 3.65. The maximum atomic E-state index is 2.52. The molecule has 40 heavy (non-hydrogen) atoms. The van der Waals surface area contributed by atoms with Gasteiger partial charge in [0.2, 0.25) is 0 Å². The highest BCUT2D eigenvalue weighted by Crippen LogP contribution is 2.44. The molecular formula is C37H26N2S. The van der Waals surface area contributed by atoms with Crippen molar-refractivity contribution in [2.24, 2.45) is 0 Å². The van der Waals surface area contributed by atoms with E-state index in [0.29, 0.717) is 5.92 Å². The highest BCUT2D eigenvalue weighted by atomic mass is 32.1. The van der Waals surface area contributed by atoms with E-state index in [0.717, 1.165) is 6.42 Å². The molecule has 0 saturated heterocycles. The third kappa shape index (κ3) is 2.93. The van der Waals surface area contributed by atoms with Gasteiger partial charge in [-0.15, -0.1) is 11.3 Å². The minimum absolute atomic E-state index is 0.457. The van der Waals surface area contributed by atoms with Crippen LogP contribution in [-0.2, 0) is 0 Å². The lowest BCUT2D eigenvalue weighted by Crippen LogP contribution is -2.03. The van der Waals surface area contributed by atoms with Gasteiger partial charge in [-0.1, -0.05) is 79.7 Å². The molecule has 3 aromatic heterocycles. The summed E-state index contributed by atoms with van der Waals surface area (Å²) in [6.45, 7) is 2.37. The van der Waals surface area contributed by atoms with Crippen LogP contribution in [0.2, 0.25) is 0 Å². The molecular weight excluding hydrogens is 504 g/mol. The van der Waals surface area contributed by atoms with E-state index < -0.39 is 0 Å². The Kier molecular flexibility index (Phi) is 4.56. The Labute approximate surface area is 236 Å². The molecule has 5 aromatic carbocycles. The van der Waals surface area contributed by atoms with Crippen molar-refractivity contribution in [2.75, 3.05) is 0 Å². The predicted molar refractivity (Wildman–Crippen MR) is 173 cm³/mol. The summed E-state index contributed by atoms with van der Waals surface area (Å²) in [5, 5.41) is 6.62. The number of para-hydroxylation sites is 2. The molecule has 0 saturated carbocycles. The standard InChI is InChI=1S/C37H26N2S/c1-23-10-8-17-33-36(23)29-22-24(38-30-15-5-2-11-25(30)26-12-3-6-16-31(26)38)20-21-32(29)39(33)34-18-9-14-28-27-13-4-7-19-35(27)40-37(28)34/h2-9,11-23H,10H2,1H3. The first-order chi connectivity index (χ1) is 19.8. The molecule has 0 fully saturated rings. The van der Waals surface area contributed by atoms with E-state index in [1.807, 2.05) is 11.3 Å². The number of rotatable bonds is 2. The van der Waals surface area contributed by atoms with Crippen LogP contribution in [0.5, 0.6) is 0 Å². The van der Waals surface area contributed by atoms with E-state index >= 15 is 0 Å². The first kappa shape index (κ1) is 22.2. The van der Waals surface area contributed by atoms with Crippen LogP contribution in [-0.4, -0.2) is 9.13 Å². The van der Waals surface area contributed by atoms with E-state index in [4.69, 9.17) is 0 Å². The zero-order chi connectivity index (χ0) is 26.4. The van der Waals surface area contributed by atoms with Crippen molar-refractivity contribution in [3.63, 3.8) is 0 Å². The number of allylic oxidation sites excluding steroid dienone is 1. The fraction of sp³-hybridized carbons (Fsp3) is 0.0811. The fourth-order valence-corrected chi connectivity index (χ4v) is 8.22. The van der Waals surface area contributed by atoms with Gasteiger partial charge in [0, 0.05) is 37.3 Å².